The number of sulfonamides is 1. The van der Waals surface area contributed by atoms with Gasteiger partial charge in [-0.2, -0.15) is 0 Å². The highest BCUT2D eigenvalue weighted by Gasteiger charge is 2.11. The summed E-state index contributed by atoms with van der Waals surface area (Å²) < 4.78 is 31.5. The molecule has 0 unspecified atom stereocenters. The smallest absolute Gasteiger partial charge is 0.215 e. The predicted molar refractivity (Wildman–Crippen MR) is 81.2 cm³/mol. The van der Waals surface area contributed by atoms with Gasteiger partial charge in [0.1, 0.15) is 12.4 Å². The summed E-state index contributed by atoms with van der Waals surface area (Å²) in [6.45, 7) is 0.197. The van der Waals surface area contributed by atoms with Crippen LogP contribution in [0.15, 0.2) is 48.7 Å². The van der Waals surface area contributed by atoms with Crippen LogP contribution in [0, 0.1) is 0 Å². The average molecular weight is 307 g/mol. The number of hydrogen-bond acceptors (Lipinski definition) is 5. The molecule has 0 spiro atoms. The van der Waals surface area contributed by atoms with E-state index in [4.69, 9.17) is 10.5 Å². The zero-order valence-electron chi connectivity index (χ0n) is 11.4. The van der Waals surface area contributed by atoms with Crippen LogP contribution in [0.2, 0.25) is 0 Å². The van der Waals surface area contributed by atoms with Gasteiger partial charge in [-0.25, -0.2) is 13.1 Å². The molecular formula is C14H17N3O3S. The minimum Gasteiger partial charge on any atom is -0.490 e. The molecule has 112 valence electrons. The second kappa shape index (κ2) is 7.05. The molecule has 21 heavy (non-hydrogen) atoms. The van der Waals surface area contributed by atoms with E-state index in [0.717, 1.165) is 0 Å². The van der Waals surface area contributed by atoms with E-state index in [1.165, 1.54) is 0 Å². The summed E-state index contributed by atoms with van der Waals surface area (Å²) >= 11 is 0. The molecule has 1 aromatic heterocycles. The largest absolute Gasteiger partial charge is 0.490 e. The molecule has 1 heterocycles. The standard InChI is InChI=1S/C14H17N3O3S/c15-13-6-1-2-7-14(13)20-9-10-21(18,19)17-11-12-5-3-4-8-16-12/h1-8,17H,9-11,15H2. The van der Waals surface area contributed by atoms with Crippen molar-refractivity contribution in [3.05, 3.63) is 54.4 Å². The maximum Gasteiger partial charge on any atom is 0.215 e. The summed E-state index contributed by atoms with van der Waals surface area (Å²) in [5, 5.41) is 0. The molecule has 7 heteroatoms. The molecular weight excluding hydrogens is 290 g/mol. The highest BCUT2D eigenvalue weighted by Crippen LogP contribution is 2.19. The topological polar surface area (TPSA) is 94.3 Å². The number of nitrogens with two attached hydrogens (primary N) is 1. The fourth-order valence-corrected chi connectivity index (χ4v) is 2.45. The number of rotatable bonds is 7. The van der Waals surface area contributed by atoms with E-state index in [1.54, 1.807) is 48.7 Å². The van der Waals surface area contributed by atoms with Crippen molar-refractivity contribution in [2.75, 3.05) is 18.1 Å². The van der Waals surface area contributed by atoms with Crippen LogP contribution in [-0.2, 0) is 16.6 Å². The number of ether oxygens (including phenoxy) is 1. The second-order valence-corrected chi connectivity index (χ2v) is 6.27. The van der Waals surface area contributed by atoms with Gasteiger partial charge in [0.15, 0.2) is 0 Å². The van der Waals surface area contributed by atoms with Gasteiger partial charge in [-0.15, -0.1) is 0 Å². The van der Waals surface area contributed by atoms with Crippen LogP contribution >= 0.6 is 0 Å². The lowest BCUT2D eigenvalue weighted by Crippen LogP contribution is -2.29. The number of nitrogen functional groups attached to an aromatic ring is 1. The Balaban J connectivity index is 1.80. The van der Waals surface area contributed by atoms with E-state index in [1.807, 2.05) is 0 Å². The van der Waals surface area contributed by atoms with Crippen molar-refractivity contribution in [1.29, 1.82) is 0 Å². The van der Waals surface area contributed by atoms with Crippen molar-refractivity contribution in [2.45, 2.75) is 6.54 Å². The van der Waals surface area contributed by atoms with Gasteiger partial charge in [0.05, 0.1) is 23.7 Å². The first-order valence-electron chi connectivity index (χ1n) is 6.41. The van der Waals surface area contributed by atoms with Gasteiger partial charge in [-0.1, -0.05) is 18.2 Å². The Labute approximate surface area is 124 Å². The third-order valence-corrected chi connectivity index (χ3v) is 4.02. The maximum atomic E-state index is 11.8. The molecule has 6 nitrogen and oxygen atoms in total. The minimum absolute atomic E-state index is 0.0335. The fourth-order valence-electron chi connectivity index (χ4n) is 1.63. The van der Waals surface area contributed by atoms with E-state index in [9.17, 15) is 8.42 Å². The van der Waals surface area contributed by atoms with Gasteiger partial charge in [0, 0.05) is 6.20 Å². The predicted octanol–water partition coefficient (Wildman–Crippen LogP) is 1.16. The normalized spacial score (nSPS) is 11.2. The van der Waals surface area contributed by atoms with E-state index >= 15 is 0 Å². The van der Waals surface area contributed by atoms with E-state index in [0.29, 0.717) is 17.1 Å². The van der Waals surface area contributed by atoms with Crippen LogP contribution in [0.1, 0.15) is 5.69 Å². The third-order valence-electron chi connectivity index (χ3n) is 2.73. The quantitative estimate of drug-likeness (QED) is 0.749. The number of hydrogen-bond donors (Lipinski definition) is 2. The van der Waals surface area contributed by atoms with Gasteiger partial charge < -0.3 is 10.5 Å². The zero-order chi connectivity index (χ0) is 15.1. The number of pyridine rings is 1. The van der Waals surface area contributed by atoms with Gasteiger partial charge in [-0.3, -0.25) is 4.98 Å². The summed E-state index contributed by atoms with van der Waals surface area (Å²) in [6.07, 6.45) is 1.62. The lowest BCUT2D eigenvalue weighted by atomic mass is 10.3. The van der Waals surface area contributed by atoms with Gasteiger partial charge >= 0.3 is 0 Å². The Hall–Kier alpha value is -2.12. The Morgan fingerprint density at radius 1 is 1.14 bits per heavy atom. The molecule has 0 bridgehead atoms. The Kier molecular flexibility index (Phi) is 5.13. The summed E-state index contributed by atoms with van der Waals surface area (Å²) in [6, 6.07) is 12.3. The van der Waals surface area contributed by atoms with E-state index < -0.39 is 10.0 Å². The zero-order valence-corrected chi connectivity index (χ0v) is 12.2. The molecule has 0 aliphatic heterocycles. The van der Waals surface area contributed by atoms with Crippen molar-refractivity contribution in [3.63, 3.8) is 0 Å². The molecule has 0 radical (unpaired) electrons. The first-order chi connectivity index (χ1) is 10.1. The van der Waals surface area contributed by atoms with Crippen molar-refractivity contribution in [2.24, 2.45) is 0 Å². The molecule has 0 saturated heterocycles. The minimum atomic E-state index is -3.42. The van der Waals surface area contributed by atoms with Crippen molar-refractivity contribution in [1.82, 2.24) is 9.71 Å². The van der Waals surface area contributed by atoms with Gasteiger partial charge in [-0.05, 0) is 24.3 Å². The highest BCUT2D eigenvalue weighted by atomic mass is 32.2. The molecule has 0 saturated carbocycles. The van der Waals surface area contributed by atoms with E-state index in [2.05, 4.69) is 9.71 Å². The summed E-state index contributed by atoms with van der Waals surface area (Å²) in [4.78, 5) is 4.05. The number of benzene rings is 1. The third kappa shape index (κ3) is 5.05. The van der Waals surface area contributed by atoms with Gasteiger partial charge in [0.25, 0.3) is 0 Å². The molecule has 0 amide bonds. The number of anilines is 1. The maximum absolute atomic E-state index is 11.8. The van der Waals surface area contributed by atoms with Crippen molar-refractivity contribution in [3.8, 4) is 5.75 Å². The monoisotopic (exact) mass is 307 g/mol. The van der Waals surface area contributed by atoms with E-state index in [-0.39, 0.29) is 18.9 Å². The molecule has 1 aromatic carbocycles. The Bertz CT molecular complexity index is 675. The number of para-hydroxylation sites is 2. The molecule has 2 rings (SSSR count). The molecule has 0 aliphatic carbocycles. The van der Waals surface area contributed by atoms with Crippen LogP contribution < -0.4 is 15.2 Å². The number of nitrogens with zero attached hydrogens (tertiary/aromatic N) is 1. The Morgan fingerprint density at radius 2 is 1.90 bits per heavy atom. The molecule has 0 fully saturated rings. The van der Waals surface area contributed by atoms with Gasteiger partial charge in [0.2, 0.25) is 10.0 Å². The second-order valence-electron chi connectivity index (χ2n) is 4.35. The summed E-state index contributed by atoms with van der Waals surface area (Å²) in [7, 11) is -3.42. The SMILES string of the molecule is Nc1ccccc1OCCS(=O)(=O)NCc1ccccn1. The fraction of sp³-hybridized carbons (Fsp3) is 0.214. The molecule has 0 atom stereocenters. The first-order valence-corrected chi connectivity index (χ1v) is 8.06. The van der Waals surface area contributed by atoms with Crippen LogP contribution in [0.4, 0.5) is 5.69 Å². The van der Waals surface area contributed by atoms with Crippen LogP contribution in [-0.4, -0.2) is 25.8 Å². The molecule has 2 aromatic rings. The number of aromatic nitrogens is 1. The number of nitrogens with one attached hydrogen (secondary N) is 1. The summed E-state index contributed by atoms with van der Waals surface area (Å²) in [5.74, 6) is 0.339. The highest BCUT2D eigenvalue weighted by molar-refractivity contribution is 7.89. The molecule has 3 N–H and O–H groups in total. The lowest BCUT2D eigenvalue weighted by molar-refractivity contribution is 0.342. The van der Waals surface area contributed by atoms with Crippen LogP contribution in [0.3, 0.4) is 0 Å². The van der Waals surface area contributed by atoms with Crippen molar-refractivity contribution >= 4 is 15.7 Å². The summed E-state index contributed by atoms with van der Waals surface area (Å²) in [5.41, 5.74) is 6.85. The molecule has 0 aliphatic rings. The lowest BCUT2D eigenvalue weighted by Gasteiger charge is -2.09. The van der Waals surface area contributed by atoms with Crippen LogP contribution in [0.5, 0.6) is 5.75 Å². The average Bonchev–Trinajstić information content (AvgIpc) is 2.48. The van der Waals surface area contributed by atoms with Crippen molar-refractivity contribution < 1.29 is 13.2 Å². The Morgan fingerprint density at radius 3 is 2.62 bits per heavy atom. The first kappa shape index (κ1) is 15.3. The van der Waals surface area contributed by atoms with Crippen LogP contribution in [0.25, 0.3) is 0 Å².